The van der Waals surface area contributed by atoms with Gasteiger partial charge in [-0.2, -0.15) is 13.7 Å². The van der Waals surface area contributed by atoms with Gasteiger partial charge in [-0.05, 0) is 157 Å². The van der Waals surface area contributed by atoms with Crippen LogP contribution in [0.5, 0.6) is 34.5 Å². The van der Waals surface area contributed by atoms with Crippen LogP contribution in [0.3, 0.4) is 0 Å². The molecule has 0 amide bonds. The maximum atomic E-state index is 12.5. The minimum absolute atomic E-state index is 0.000137. The molecule has 414 valence electrons. The van der Waals surface area contributed by atoms with Gasteiger partial charge in [0.25, 0.3) is 5.69 Å². The predicted octanol–water partition coefficient (Wildman–Crippen LogP) is 13.9. The molecule has 0 N–H and O–H groups in total. The first-order chi connectivity index (χ1) is 38.9. The van der Waals surface area contributed by atoms with E-state index < -0.39 is 33.3 Å². The van der Waals surface area contributed by atoms with Gasteiger partial charge >= 0.3 is 33.3 Å². The number of nitrogens with zero attached hydrogens (tertiary/aromatic N) is 2. The Balaban J connectivity index is 0.000000176. The Labute approximate surface area is 469 Å². The van der Waals surface area contributed by atoms with Gasteiger partial charge in [0.05, 0.1) is 12.1 Å². The molecule has 6 aromatic carbocycles. The molecule has 0 spiro atoms. The number of rotatable bonds is 17. The molecule has 0 fully saturated rings. The molecule has 0 aliphatic carbocycles. The number of fused-ring (bicyclic) bond motifs is 3. The molecule has 9 rings (SSSR count). The van der Waals surface area contributed by atoms with Crippen LogP contribution in [0, 0.1) is 17.9 Å². The third-order valence-electron chi connectivity index (χ3n) is 13.2. The van der Waals surface area contributed by atoms with Crippen LogP contribution in [0.4, 0.5) is 5.69 Å². The van der Waals surface area contributed by atoms with E-state index in [0.29, 0.717) is 74.0 Å². The molecule has 1 aliphatic rings. The number of ether oxygens (including phenoxy) is 5. The second kappa shape index (κ2) is 27.2. The van der Waals surface area contributed by atoms with E-state index in [0.717, 1.165) is 30.4 Å². The molecule has 0 saturated carbocycles. The SMILES string of the molecule is C=C1Oc2cc(OCC(=O)Oc3ccc(C(C)CC)cc3)ccc2C=C1C#N.CCC(C)c1ccc(OS(=O)(=O)c2ccc3oc(=O)ccc3c2)cc1.[C-]#[N+]c1cc2cc(OCC(=O)Oc3ccc(C(C)CC)cc3)ccc2oc1=O. The molecule has 81 heavy (non-hydrogen) atoms. The summed E-state index contributed by atoms with van der Waals surface area (Å²) in [6.07, 6.45) is 4.80. The van der Waals surface area contributed by atoms with Crippen molar-refractivity contribution in [3.8, 4) is 40.6 Å². The number of carbonyl (C=O) groups is 2. The first-order valence-electron chi connectivity index (χ1n) is 25.9. The Morgan fingerprint density at radius 1 is 0.617 bits per heavy atom. The molecule has 8 aromatic rings. The molecule has 0 radical (unpaired) electrons. The largest absolute Gasteiger partial charge is 0.482 e. The lowest BCUT2D eigenvalue weighted by atomic mass is 9.99. The Hall–Kier alpha value is -9.71. The fraction of sp³-hybridized carbons (Fsp3) is 0.219. The highest BCUT2D eigenvalue weighted by molar-refractivity contribution is 7.87. The zero-order valence-corrected chi connectivity index (χ0v) is 46.2. The summed E-state index contributed by atoms with van der Waals surface area (Å²) in [6, 6.07) is 42.3. The molecular weight excluding hydrogens is 1050 g/mol. The van der Waals surface area contributed by atoms with E-state index in [4.69, 9.17) is 48.5 Å². The van der Waals surface area contributed by atoms with Crippen LogP contribution in [0.1, 0.15) is 101 Å². The van der Waals surface area contributed by atoms with Crippen LogP contribution in [0.15, 0.2) is 187 Å². The summed E-state index contributed by atoms with van der Waals surface area (Å²) in [5.41, 5.74) is 4.06. The fourth-order valence-electron chi connectivity index (χ4n) is 7.86. The average molecular weight is 1110 g/mol. The molecule has 16 nitrogen and oxygen atoms in total. The Bertz CT molecular complexity index is 3930. The summed E-state index contributed by atoms with van der Waals surface area (Å²) in [7, 11) is -3.97. The number of esters is 2. The minimum atomic E-state index is -3.97. The number of nitriles is 1. The summed E-state index contributed by atoms with van der Waals surface area (Å²) < 4.78 is 67.3. The van der Waals surface area contributed by atoms with Gasteiger partial charge in [0.15, 0.2) is 13.2 Å². The molecular formula is C64H58N2O14S. The van der Waals surface area contributed by atoms with Crippen LogP contribution in [-0.2, 0) is 19.7 Å². The van der Waals surface area contributed by atoms with Crippen molar-refractivity contribution in [2.24, 2.45) is 0 Å². The summed E-state index contributed by atoms with van der Waals surface area (Å²) >= 11 is 0. The van der Waals surface area contributed by atoms with Crippen molar-refractivity contribution >= 4 is 55.8 Å². The van der Waals surface area contributed by atoms with E-state index in [2.05, 4.69) is 53.0 Å². The zero-order valence-electron chi connectivity index (χ0n) is 45.4. The van der Waals surface area contributed by atoms with Gasteiger partial charge in [-0.1, -0.05) is 84.5 Å². The lowest BCUT2D eigenvalue weighted by molar-refractivity contribution is -0.137. The van der Waals surface area contributed by atoms with Crippen LogP contribution in [0.2, 0.25) is 0 Å². The van der Waals surface area contributed by atoms with Gasteiger partial charge in [0.1, 0.15) is 62.4 Å². The zero-order chi connectivity index (χ0) is 58.2. The van der Waals surface area contributed by atoms with Crippen molar-refractivity contribution in [3.63, 3.8) is 0 Å². The summed E-state index contributed by atoms with van der Waals surface area (Å²) in [6.45, 7) is 23.0. The van der Waals surface area contributed by atoms with E-state index in [1.54, 1.807) is 78.9 Å². The normalized spacial score (nSPS) is 12.6. The van der Waals surface area contributed by atoms with Gasteiger partial charge in [-0.15, -0.1) is 0 Å². The molecule has 1 aliphatic heterocycles. The second-order valence-corrected chi connectivity index (χ2v) is 20.3. The summed E-state index contributed by atoms with van der Waals surface area (Å²) in [5.74, 6) is 3.18. The first kappa shape index (κ1) is 59.0. The third kappa shape index (κ3) is 16.0. The number of benzene rings is 6. The van der Waals surface area contributed by atoms with Crippen LogP contribution < -0.4 is 39.1 Å². The predicted molar refractivity (Wildman–Crippen MR) is 307 cm³/mol. The van der Waals surface area contributed by atoms with Crippen molar-refractivity contribution in [1.29, 1.82) is 5.26 Å². The highest BCUT2D eigenvalue weighted by Crippen LogP contribution is 2.34. The van der Waals surface area contributed by atoms with Gasteiger partial charge in [0.2, 0.25) is 0 Å². The van der Waals surface area contributed by atoms with E-state index in [1.165, 1.54) is 47.5 Å². The molecule has 3 atom stereocenters. The van der Waals surface area contributed by atoms with E-state index >= 15 is 0 Å². The average Bonchev–Trinajstić information content (AvgIpc) is 3.57. The lowest BCUT2D eigenvalue weighted by Gasteiger charge is -2.17. The summed E-state index contributed by atoms with van der Waals surface area (Å²) in [4.78, 5) is 49.9. The molecule has 3 heterocycles. The monoisotopic (exact) mass is 1110 g/mol. The Morgan fingerprint density at radius 2 is 1.11 bits per heavy atom. The van der Waals surface area contributed by atoms with Crippen molar-refractivity contribution in [2.75, 3.05) is 13.2 Å². The maximum absolute atomic E-state index is 12.5. The van der Waals surface area contributed by atoms with Crippen LogP contribution in [-0.4, -0.2) is 33.6 Å². The Morgan fingerprint density at radius 3 is 1.64 bits per heavy atom. The van der Waals surface area contributed by atoms with E-state index in [9.17, 15) is 27.6 Å². The van der Waals surface area contributed by atoms with Gasteiger partial charge < -0.3 is 36.7 Å². The van der Waals surface area contributed by atoms with E-state index in [1.807, 2.05) is 42.5 Å². The molecule has 3 unspecified atom stereocenters. The number of carbonyl (C=O) groups excluding carboxylic acids is 2. The highest BCUT2D eigenvalue weighted by Gasteiger charge is 2.20. The molecule has 0 saturated heterocycles. The number of hydrogen-bond donors (Lipinski definition) is 0. The van der Waals surface area contributed by atoms with Crippen molar-refractivity contribution < 1.29 is 54.7 Å². The van der Waals surface area contributed by atoms with Crippen LogP contribution >= 0.6 is 0 Å². The van der Waals surface area contributed by atoms with E-state index in [-0.39, 0.29) is 35.3 Å². The minimum Gasteiger partial charge on any atom is -0.482 e. The van der Waals surface area contributed by atoms with Gasteiger partial charge in [-0.25, -0.2) is 19.2 Å². The topological polar surface area (TPSA) is 212 Å². The lowest BCUT2D eigenvalue weighted by Crippen LogP contribution is -2.17. The highest BCUT2D eigenvalue weighted by atomic mass is 32.2. The van der Waals surface area contributed by atoms with Crippen molar-refractivity contribution in [2.45, 2.75) is 83.5 Å². The molecule has 2 aromatic heterocycles. The maximum Gasteiger partial charge on any atom is 0.349 e. The fourth-order valence-corrected chi connectivity index (χ4v) is 8.83. The van der Waals surface area contributed by atoms with Gasteiger partial charge in [0, 0.05) is 28.5 Å². The quantitative estimate of drug-likeness (QED) is 0.0273. The van der Waals surface area contributed by atoms with Crippen molar-refractivity contribution in [3.05, 3.63) is 218 Å². The number of hydrogen-bond acceptors (Lipinski definition) is 15. The molecule has 0 bridgehead atoms. The second-order valence-electron chi connectivity index (χ2n) is 18.8. The first-order valence-corrected chi connectivity index (χ1v) is 27.3. The number of allylic oxidation sites excluding steroid dienone is 1. The Kier molecular flexibility index (Phi) is 19.8. The summed E-state index contributed by atoms with van der Waals surface area (Å²) in [5, 5.41) is 10.1. The third-order valence-corrected chi connectivity index (χ3v) is 14.4. The van der Waals surface area contributed by atoms with Gasteiger partial charge in [-0.3, -0.25) is 4.79 Å². The smallest absolute Gasteiger partial charge is 0.349 e. The van der Waals surface area contributed by atoms with Crippen molar-refractivity contribution in [1.82, 2.24) is 0 Å². The van der Waals surface area contributed by atoms with Crippen LogP contribution in [0.25, 0.3) is 32.9 Å². The molecule has 17 heteroatoms. The standard InChI is InChI=1S/C23H21NO4.C22H19NO5.C19H18O5S/c1-4-15(2)17-5-8-20(9-6-17)28-23(25)14-26-21-10-7-18-11-19(13-24)16(3)27-22(18)12-21;1-4-14(2)15-5-7-17(8-6-15)27-21(24)13-26-18-9-10-20-16(11-18)12-19(23-3)22(25)28-20;1-3-13(2)14-4-7-16(8-5-14)24-25(21,22)17-9-10-18-15(12-17)6-11-19(20)23-18/h5-12,15H,3-4,14H2,1-2H3;5-12,14H,4,13H2,1-2H3;4-13H,3H2,1-2H3.